The minimum atomic E-state index is -0.196. The molecule has 0 saturated heterocycles. The average molecular weight is 247 g/mol. The lowest BCUT2D eigenvalue weighted by molar-refractivity contribution is 0.403. The third-order valence-corrected chi connectivity index (χ3v) is 3.61. The second kappa shape index (κ2) is 4.39. The molecule has 0 radical (unpaired) electrons. The molecule has 0 amide bonds. The van der Waals surface area contributed by atoms with Gasteiger partial charge in [-0.25, -0.2) is 4.39 Å². The number of hydrogen-bond donors (Lipinski definition) is 1. The Bertz CT molecular complexity index is 571. The molecule has 96 valence electrons. The summed E-state index contributed by atoms with van der Waals surface area (Å²) >= 11 is 0. The van der Waals surface area contributed by atoms with Crippen LogP contribution in [0.1, 0.15) is 37.1 Å². The summed E-state index contributed by atoms with van der Waals surface area (Å²) in [7, 11) is 0. The third-order valence-electron chi connectivity index (χ3n) is 3.61. The van der Waals surface area contributed by atoms with Crippen molar-refractivity contribution in [2.24, 2.45) is 5.92 Å². The topological polar surface area (TPSA) is 25.2 Å². The molecule has 1 aliphatic rings. The van der Waals surface area contributed by atoms with Crippen LogP contribution >= 0.6 is 0 Å². The average Bonchev–Trinajstić information content (AvgIpc) is 3.06. The third kappa shape index (κ3) is 2.03. The minimum absolute atomic E-state index is 0.196. The Balaban J connectivity index is 2.03. The van der Waals surface area contributed by atoms with E-state index >= 15 is 0 Å². The van der Waals surface area contributed by atoms with Gasteiger partial charge in [-0.3, -0.25) is 0 Å². The van der Waals surface area contributed by atoms with Gasteiger partial charge in [0.2, 0.25) is 0 Å². The lowest BCUT2D eigenvalue weighted by Gasteiger charge is -2.13. The Kier molecular flexibility index (Phi) is 2.86. The van der Waals surface area contributed by atoms with Crippen LogP contribution in [0.4, 0.5) is 4.39 Å². The highest BCUT2D eigenvalue weighted by Crippen LogP contribution is 2.42. The molecule has 0 aliphatic heterocycles. The van der Waals surface area contributed by atoms with E-state index in [0.29, 0.717) is 5.92 Å². The first-order chi connectivity index (χ1) is 8.69. The molecule has 1 fully saturated rings. The van der Waals surface area contributed by atoms with E-state index in [1.807, 2.05) is 13.0 Å². The van der Waals surface area contributed by atoms with Crippen molar-refractivity contribution in [2.45, 2.75) is 32.7 Å². The van der Waals surface area contributed by atoms with Gasteiger partial charge in [-0.1, -0.05) is 6.92 Å². The Labute approximate surface area is 106 Å². The summed E-state index contributed by atoms with van der Waals surface area (Å²) in [4.78, 5) is 0. The number of fused-ring (bicyclic) bond motifs is 1. The number of benzene rings is 1. The van der Waals surface area contributed by atoms with Gasteiger partial charge in [-0.05, 0) is 56.0 Å². The quantitative estimate of drug-likeness (QED) is 0.885. The maximum atomic E-state index is 13.4. The summed E-state index contributed by atoms with van der Waals surface area (Å²) in [5.41, 5.74) is 1.68. The van der Waals surface area contributed by atoms with Gasteiger partial charge in [0.15, 0.2) is 0 Å². The summed E-state index contributed by atoms with van der Waals surface area (Å²) in [5.74, 6) is 1.43. The summed E-state index contributed by atoms with van der Waals surface area (Å²) in [5, 5.41) is 4.34. The van der Waals surface area contributed by atoms with E-state index in [2.05, 4.69) is 12.2 Å². The summed E-state index contributed by atoms with van der Waals surface area (Å²) in [6.07, 6.45) is 2.50. The number of halogens is 1. The van der Waals surface area contributed by atoms with Crippen LogP contribution in [0.15, 0.2) is 22.6 Å². The Morgan fingerprint density at radius 2 is 2.17 bits per heavy atom. The molecule has 1 aromatic carbocycles. The highest BCUT2D eigenvalue weighted by Gasteiger charge is 2.33. The van der Waals surface area contributed by atoms with Crippen LogP contribution in [0.5, 0.6) is 0 Å². The van der Waals surface area contributed by atoms with E-state index in [1.54, 1.807) is 6.07 Å². The summed E-state index contributed by atoms with van der Waals surface area (Å²) in [6, 6.07) is 5.34. The number of aryl methyl sites for hydroxylation is 1. The van der Waals surface area contributed by atoms with E-state index in [4.69, 9.17) is 4.42 Å². The fourth-order valence-corrected chi connectivity index (χ4v) is 2.61. The smallest absolute Gasteiger partial charge is 0.137 e. The molecule has 1 saturated carbocycles. The fraction of sp³-hybridized carbons (Fsp3) is 0.467. The van der Waals surface area contributed by atoms with Gasteiger partial charge in [0, 0.05) is 5.39 Å². The lowest BCUT2D eigenvalue weighted by atomic mass is 10.1. The molecule has 1 unspecified atom stereocenters. The van der Waals surface area contributed by atoms with Gasteiger partial charge in [0.1, 0.15) is 17.2 Å². The van der Waals surface area contributed by atoms with E-state index < -0.39 is 0 Å². The molecule has 2 aromatic rings. The zero-order valence-corrected chi connectivity index (χ0v) is 10.8. The van der Waals surface area contributed by atoms with Crippen LogP contribution in [-0.4, -0.2) is 6.54 Å². The van der Waals surface area contributed by atoms with Crippen LogP contribution in [0, 0.1) is 18.7 Å². The number of furan rings is 1. The molecule has 2 nitrogen and oxygen atoms in total. The van der Waals surface area contributed by atoms with Crippen molar-refractivity contribution in [3.05, 3.63) is 35.3 Å². The highest BCUT2D eigenvalue weighted by molar-refractivity contribution is 5.81. The van der Waals surface area contributed by atoms with E-state index in [-0.39, 0.29) is 11.9 Å². The second-order valence-electron chi connectivity index (χ2n) is 5.16. The van der Waals surface area contributed by atoms with Crippen molar-refractivity contribution in [1.82, 2.24) is 5.32 Å². The maximum Gasteiger partial charge on any atom is 0.137 e. The predicted octanol–water partition coefficient (Wildman–Crippen LogP) is 3.94. The number of nitrogens with one attached hydrogen (secondary N) is 1. The zero-order valence-electron chi connectivity index (χ0n) is 10.8. The Morgan fingerprint density at radius 1 is 1.39 bits per heavy atom. The first kappa shape index (κ1) is 11.7. The van der Waals surface area contributed by atoms with E-state index in [1.165, 1.54) is 18.9 Å². The van der Waals surface area contributed by atoms with Gasteiger partial charge < -0.3 is 9.73 Å². The fourth-order valence-electron chi connectivity index (χ4n) is 2.61. The van der Waals surface area contributed by atoms with Crippen LogP contribution < -0.4 is 5.32 Å². The standard InChI is InChI=1S/C15H18FNO/c1-3-17-14(10-4-5-10)13-8-11-7-12(16)6-9(2)15(11)18-13/h6-8,10,14,17H,3-5H2,1-2H3. The molecule has 1 aliphatic carbocycles. The van der Waals surface area contributed by atoms with Crippen molar-refractivity contribution in [3.63, 3.8) is 0 Å². The molecule has 0 bridgehead atoms. The predicted molar refractivity (Wildman–Crippen MR) is 70.1 cm³/mol. The van der Waals surface area contributed by atoms with Crippen molar-refractivity contribution in [1.29, 1.82) is 0 Å². The normalized spacial score (nSPS) is 17.3. The zero-order chi connectivity index (χ0) is 12.7. The number of rotatable bonds is 4. The van der Waals surface area contributed by atoms with E-state index in [9.17, 15) is 4.39 Å². The molecule has 1 heterocycles. The first-order valence-corrected chi connectivity index (χ1v) is 6.62. The highest BCUT2D eigenvalue weighted by atomic mass is 19.1. The molecule has 1 atom stereocenters. The Morgan fingerprint density at radius 3 is 2.83 bits per heavy atom. The van der Waals surface area contributed by atoms with Gasteiger partial charge in [0.05, 0.1) is 6.04 Å². The molecular weight excluding hydrogens is 229 g/mol. The largest absolute Gasteiger partial charge is 0.459 e. The van der Waals surface area contributed by atoms with E-state index in [0.717, 1.165) is 28.8 Å². The van der Waals surface area contributed by atoms with Crippen LogP contribution in [-0.2, 0) is 0 Å². The monoisotopic (exact) mass is 247 g/mol. The minimum Gasteiger partial charge on any atom is -0.459 e. The number of hydrogen-bond acceptors (Lipinski definition) is 2. The second-order valence-corrected chi connectivity index (χ2v) is 5.16. The van der Waals surface area contributed by atoms with Crippen molar-refractivity contribution >= 4 is 11.0 Å². The molecule has 18 heavy (non-hydrogen) atoms. The van der Waals surface area contributed by atoms with Gasteiger partial charge >= 0.3 is 0 Å². The van der Waals surface area contributed by atoms with Gasteiger partial charge in [-0.15, -0.1) is 0 Å². The van der Waals surface area contributed by atoms with Crippen LogP contribution in [0.2, 0.25) is 0 Å². The Hall–Kier alpha value is -1.35. The van der Waals surface area contributed by atoms with Crippen molar-refractivity contribution < 1.29 is 8.81 Å². The summed E-state index contributed by atoms with van der Waals surface area (Å²) in [6.45, 7) is 4.91. The molecule has 0 spiro atoms. The van der Waals surface area contributed by atoms with Crippen molar-refractivity contribution in [3.8, 4) is 0 Å². The molecule has 1 N–H and O–H groups in total. The van der Waals surface area contributed by atoms with Crippen LogP contribution in [0.3, 0.4) is 0 Å². The SMILES string of the molecule is CCNC(c1cc2cc(F)cc(C)c2o1)C1CC1. The van der Waals surface area contributed by atoms with Gasteiger partial charge in [-0.2, -0.15) is 0 Å². The maximum absolute atomic E-state index is 13.4. The first-order valence-electron chi connectivity index (χ1n) is 6.62. The van der Waals surface area contributed by atoms with Crippen molar-refractivity contribution in [2.75, 3.05) is 6.54 Å². The molecule has 3 rings (SSSR count). The molecule has 3 heteroatoms. The molecule has 1 aromatic heterocycles. The van der Waals surface area contributed by atoms with Crippen LogP contribution in [0.25, 0.3) is 11.0 Å². The lowest BCUT2D eigenvalue weighted by Crippen LogP contribution is -2.21. The molecular formula is C15H18FNO. The summed E-state index contributed by atoms with van der Waals surface area (Å²) < 4.78 is 19.3. The van der Waals surface area contributed by atoms with Gasteiger partial charge in [0.25, 0.3) is 0 Å².